The summed E-state index contributed by atoms with van der Waals surface area (Å²) in [7, 11) is 0. The van der Waals surface area contributed by atoms with E-state index in [9.17, 15) is 4.79 Å². The van der Waals surface area contributed by atoms with Gasteiger partial charge in [0.05, 0.1) is 6.61 Å². The minimum atomic E-state index is -0.955. The Balaban J connectivity index is 2.28. The van der Waals surface area contributed by atoms with Crippen molar-refractivity contribution in [2.45, 2.75) is 18.8 Å². The van der Waals surface area contributed by atoms with Gasteiger partial charge in [0.1, 0.15) is 0 Å². The molecule has 76 valence electrons. The first-order chi connectivity index (χ1) is 6.62. The van der Waals surface area contributed by atoms with E-state index in [0.717, 1.165) is 17.9 Å². The fourth-order valence-electron chi connectivity index (χ4n) is 1.51. The standard InChI is InChI=1S/C9H11NO3S/c1-9(2-3-13-5-9)6-4-10-7(14-6)8(11)12/h4H,2-3,5H2,1H3,(H,11,12). The topological polar surface area (TPSA) is 59.4 Å². The van der Waals surface area contributed by atoms with Crippen LogP contribution in [-0.2, 0) is 10.2 Å². The molecule has 1 saturated heterocycles. The lowest BCUT2D eigenvalue weighted by Crippen LogP contribution is -2.19. The van der Waals surface area contributed by atoms with Crippen LogP contribution in [0.4, 0.5) is 0 Å². The maximum atomic E-state index is 10.7. The lowest BCUT2D eigenvalue weighted by molar-refractivity contribution is 0.0696. The highest BCUT2D eigenvalue weighted by Crippen LogP contribution is 2.35. The summed E-state index contributed by atoms with van der Waals surface area (Å²) in [5, 5.41) is 8.90. The summed E-state index contributed by atoms with van der Waals surface area (Å²) in [6, 6.07) is 0. The van der Waals surface area contributed by atoms with Crippen molar-refractivity contribution in [1.29, 1.82) is 0 Å². The van der Waals surface area contributed by atoms with E-state index in [0.29, 0.717) is 6.61 Å². The van der Waals surface area contributed by atoms with E-state index in [1.807, 2.05) is 0 Å². The van der Waals surface area contributed by atoms with Gasteiger partial charge in [-0.1, -0.05) is 6.92 Å². The van der Waals surface area contributed by atoms with Crippen LogP contribution in [0.2, 0.25) is 0 Å². The maximum Gasteiger partial charge on any atom is 0.365 e. The van der Waals surface area contributed by atoms with Crippen LogP contribution in [0, 0.1) is 0 Å². The van der Waals surface area contributed by atoms with Crippen molar-refractivity contribution >= 4 is 17.3 Å². The first-order valence-electron chi connectivity index (χ1n) is 4.39. The Labute approximate surface area is 85.5 Å². The van der Waals surface area contributed by atoms with Gasteiger partial charge in [-0.3, -0.25) is 0 Å². The third-order valence-electron chi connectivity index (χ3n) is 2.50. The number of aromatic carboxylic acids is 1. The fourth-order valence-corrected chi connectivity index (χ4v) is 2.43. The number of ether oxygens (including phenoxy) is 1. The van der Waals surface area contributed by atoms with Crippen molar-refractivity contribution < 1.29 is 14.6 Å². The minimum absolute atomic E-state index is 0.0363. The molecule has 1 aliphatic heterocycles. The predicted octanol–water partition coefficient (Wildman–Crippen LogP) is 1.52. The molecule has 0 amide bonds. The Kier molecular flexibility index (Phi) is 2.28. The Morgan fingerprint density at radius 2 is 2.57 bits per heavy atom. The summed E-state index contributed by atoms with van der Waals surface area (Å²) < 4.78 is 5.32. The molecule has 2 heterocycles. The van der Waals surface area contributed by atoms with E-state index >= 15 is 0 Å². The number of thiazole rings is 1. The summed E-state index contributed by atoms with van der Waals surface area (Å²) in [5.74, 6) is -0.955. The van der Waals surface area contributed by atoms with Crippen molar-refractivity contribution in [1.82, 2.24) is 4.98 Å². The SMILES string of the molecule is CC1(c2cnc(C(=O)O)s2)CCOC1. The van der Waals surface area contributed by atoms with Crippen molar-refractivity contribution in [3.63, 3.8) is 0 Å². The first kappa shape index (κ1) is 9.61. The van der Waals surface area contributed by atoms with Gasteiger partial charge >= 0.3 is 5.97 Å². The van der Waals surface area contributed by atoms with Crippen molar-refractivity contribution in [3.8, 4) is 0 Å². The van der Waals surface area contributed by atoms with Gasteiger partial charge in [0.2, 0.25) is 5.01 Å². The summed E-state index contributed by atoms with van der Waals surface area (Å²) in [4.78, 5) is 15.5. The molecule has 1 aromatic rings. The highest BCUT2D eigenvalue weighted by Gasteiger charge is 2.34. The second-order valence-corrected chi connectivity index (χ2v) is 4.73. The molecule has 1 aromatic heterocycles. The average molecular weight is 213 g/mol. The smallest absolute Gasteiger partial charge is 0.365 e. The lowest BCUT2D eigenvalue weighted by atomic mass is 9.89. The molecule has 5 heteroatoms. The Morgan fingerprint density at radius 3 is 3.07 bits per heavy atom. The van der Waals surface area contributed by atoms with Crippen LogP contribution < -0.4 is 0 Å². The third-order valence-corrected chi connectivity index (χ3v) is 3.79. The Hall–Kier alpha value is -0.940. The highest BCUT2D eigenvalue weighted by atomic mass is 32.1. The predicted molar refractivity (Wildman–Crippen MR) is 51.9 cm³/mol. The van der Waals surface area contributed by atoms with Crippen molar-refractivity contribution in [2.75, 3.05) is 13.2 Å². The van der Waals surface area contributed by atoms with Crippen LogP contribution in [0.1, 0.15) is 28.0 Å². The second kappa shape index (κ2) is 3.33. The van der Waals surface area contributed by atoms with Crippen molar-refractivity contribution in [3.05, 3.63) is 16.1 Å². The second-order valence-electron chi connectivity index (χ2n) is 3.70. The zero-order chi connectivity index (χ0) is 10.2. The van der Waals surface area contributed by atoms with Gasteiger partial charge < -0.3 is 9.84 Å². The van der Waals surface area contributed by atoms with E-state index in [-0.39, 0.29) is 10.4 Å². The fraction of sp³-hybridized carbons (Fsp3) is 0.556. The zero-order valence-electron chi connectivity index (χ0n) is 7.82. The number of aromatic nitrogens is 1. The minimum Gasteiger partial charge on any atom is -0.476 e. The molecule has 0 saturated carbocycles. The van der Waals surface area contributed by atoms with Crippen LogP contribution >= 0.6 is 11.3 Å². The summed E-state index contributed by atoms with van der Waals surface area (Å²) in [5.41, 5.74) is -0.0363. The molecule has 1 N–H and O–H groups in total. The number of hydrogen-bond acceptors (Lipinski definition) is 4. The van der Waals surface area contributed by atoms with E-state index in [2.05, 4.69) is 11.9 Å². The Bertz CT molecular complexity index is 355. The molecule has 2 rings (SSSR count). The molecule has 0 radical (unpaired) electrons. The normalized spacial score (nSPS) is 26.6. The average Bonchev–Trinajstić information content (AvgIpc) is 2.71. The maximum absolute atomic E-state index is 10.7. The molecule has 4 nitrogen and oxygen atoms in total. The molecular formula is C9H11NO3S. The molecule has 0 bridgehead atoms. The lowest BCUT2D eigenvalue weighted by Gasteiger charge is -2.18. The summed E-state index contributed by atoms with van der Waals surface area (Å²) in [6.45, 7) is 3.49. The molecule has 1 unspecified atom stereocenters. The van der Waals surface area contributed by atoms with Crippen LogP contribution in [0.15, 0.2) is 6.20 Å². The van der Waals surface area contributed by atoms with Gasteiger partial charge in [0.25, 0.3) is 0 Å². The first-order valence-corrected chi connectivity index (χ1v) is 5.21. The van der Waals surface area contributed by atoms with E-state index in [1.165, 1.54) is 11.3 Å². The number of carbonyl (C=O) groups is 1. The number of carboxylic acids is 1. The van der Waals surface area contributed by atoms with E-state index in [1.54, 1.807) is 6.20 Å². The quantitative estimate of drug-likeness (QED) is 0.809. The van der Waals surface area contributed by atoms with Gasteiger partial charge in [-0.25, -0.2) is 9.78 Å². The zero-order valence-corrected chi connectivity index (χ0v) is 8.63. The molecule has 1 atom stereocenters. The number of hydrogen-bond donors (Lipinski definition) is 1. The summed E-state index contributed by atoms with van der Waals surface area (Å²) >= 11 is 1.25. The van der Waals surface area contributed by atoms with E-state index < -0.39 is 5.97 Å². The monoisotopic (exact) mass is 213 g/mol. The number of nitrogens with zero attached hydrogens (tertiary/aromatic N) is 1. The molecule has 14 heavy (non-hydrogen) atoms. The molecule has 0 spiro atoms. The molecular weight excluding hydrogens is 202 g/mol. The molecule has 0 aromatic carbocycles. The van der Waals surface area contributed by atoms with Gasteiger partial charge in [-0.2, -0.15) is 0 Å². The van der Waals surface area contributed by atoms with Crippen LogP contribution in [0.3, 0.4) is 0 Å². The van der Waals surface area contributed by atoms with Crippen molar-refractivity contribution in [2.24, 2.45) is 0 Å². The van der Waals surface area contributed by atoms with E-state index in [4.69, 9.17) is 9.84 Å². The number of carboxylic acid groups (broad SMARTS) is 1. The Morgan fingerprint density at radius 1 is 1.79 bits per heavy atom. The molecule has 0 aliphatic carbocycles. The summed E-state index contributed by atoms with van der Waals surface area (Å²) in [6.07, 6.45) is 2.59. The molecule has 1 aliphatic rings. The molecule has 1 fully saturated rings. The largest absolute Gasteiger partial charge is 0.476 e. The number of rotatable bonds is 2. The highest BCUT2D eigenvalue weighted by molar-refractivity contribution is 7.13. The van der Waals surface area contributed by atoms with Crippen LogP contribution in [0.5, 0.6) is 0 Å². The van der Waals surface area contributed by atoms with Gasteiger partial charge in [0.15, 0.2) is 0 Å². The van der Waals surface area contributed by atoms with Gasteiger partial charge in [-0.05, 0) is 6.42 Å². The van der Waals surface area contributed by atoms with Crippen LogP contribution in [-0.4, -0.2) is 29.3 Å². The van der Waals surface area contributed by atoms with Gasteiger partial charge in [-0.15, -0.1) is 11.3 Å². The van der Waals surface area contributed by atoms with Gasteiger partial charge in [0, 0.05) is 23.1 Å². The third kappa shape index (κ3) is 1.53. The van der Waals surface area contributed by atoms with Crippen LogP contribution in [0.25, 0.3) is 0 Å².